The molecule has 3 aliphatic rings. The van der Waals surface area contributed by atoms with Crippen molar-refractivity contribution in [3.63, 3.8) is 0 Å². The average molecular weight is 556 g/mol. The molecule has 0 saturated heterocycles. The Morgan fingerprint density at radius 2 is 1.77 bits per heavy atom. The van der Waals surface area contributed by atoms with Crippen LogP contribution in [0, 0.1) is 25.2 Å². The first-order chi connectivity index (χ1) is 19.2. The van der Waals surface area contributed by atoms with Crippen molar-refractivity contribution >= 4 is 23.8 Å². The Morgan fingerprint density at radius 1 is 1.05 bits per heavy atom. The molecule has 4 bridgehead atoms. The molecule has 2 fully saturated rings. The highest BCUT2D eigenvalue weighted by molar-refractivity contribution is 8.00. The molecule has 6 rings (SSSR count). The summed E-state index contributed by atoms with van der Waals surface area (Å²) in [5.74, 6) is 1.25. The van der Waals surface area contributed by atoms with Crippen LogP contribution in [0.5, 0.6) is 0 Å². The maximum absolute atomic E-state index is 14.3. The summed E-state index contributed by atoms with van der Waals surface area (Å²) in [5.41, 5.74) is 12.8. The number of nitrogens with two attached hydrogens (primary N) is 1. The molecule has 3 N–H and O–H groups in total. The number of carbonyl (C=O) groups excluding carboxylic acids is 1. The van der Waals surface area contributed by atoms with E-state index in [4.69, 9.17) is 15.7 Å². The molecule has 1 aromatic heterocycles. The van der Waals surface area contributed by atoms with Gasteiger partial charge in [0, 0.05) is 39.8 Å². The first kappa shape index (κ1) is 27.3. The quantitative estimate of drug-likeness (QED) is 0.339. The maximum atomic E-state index is 14.3. The van der Waals surface area contributed by atoms with Crippen molar-refractivity contribution in [2.24, 2.45) is 17.1 Å². The van der Waals surface area contributed by atoms with Crippen molar-refractivity contribution < 1.29 is 4.79 Å². The van der Waals surface area contributed by atoms with E-state index in [-0.39, 0.29) is 18.0 Å². The van der Waals surface area contributed by atoms with Gasteiger partial charge in [-0.3, -0.25) is 9.52 Å². The number of fused-ring (bicyclic) bond motifs is 4. The van der Waals surface area contributed by atoms with Gasteiger partial charge in [0.05, 0.1) is 5.69 Å². The van der Waals surface area contributed by atoms with Crippen molar-refractivity contribution in [3.05, 3.63) is 70.9 Å². The second-order valence-electron chi connectivity index (χ2n) is 12.8. The van der Waals surface area contributed by atoms with Gasteiger partial charge in [-0.2, -0.15) is 0 Å². The van der Waals surface area contributed by atoms with Crippen LogP contribution in [0.4, 0.5) is 5.95 Å². The van der Waals surface area contributed by atoms with E-state index in [1.165, 1.54) is 28.6 Å². The van der Waals surface area contributed by atoms with E-state index in [2.05, 4.69) is 61.6 Å². The average Bonchev–Trinajstić information content (AvgIpc) is 2.88. The summed E-state index contributed by atoms with van der Waals surface area (Å²) in [5, 5.41) is 0. The third-order valence-electron chi connectivity index (χ3n) is 9.08. The second-order valence-corrected chi connectivity index (χ2v) is 13.7. The fourth-order valence-corrected chi connectivity index (χ4v) is 7.98. The fourth-order valence-electron chi connectivity index (χ4n) is 7.35. The predicted molar refractivity (Wildman–Crippen MR) is 163 cm³/mol. The predicted octanol–water partition coefficient (Wildman–Crippen LogP) is 6.95. The van der Waals surface area contributed by atoms with Crippen LogP contribution in [0.15, 0.2) is 53.4 Å². The van der Waals surface area contributed by atoms with Crippen LogP contribution in [-0.4, -0.2) is 38.9 Å². The Kier molecular flexibility index (Phi) is 7.38. The third-order valence-corrected chi connectivity index (χ3v) is 9.86. The van der Waals surface area contributed by atoms with Crippen molar-refractivity contribution in [1.29, 1.82) is 0 Å². The largest absolute Gasteiger partial charge is 0.333 e. The summed E-state index contributed by atoms with van der Waals surface area (Å²) in [6.45, 7) is 8.81. The van der Waals surface area contributed by atoms with Crippen LogP contribution in [0.25, 0.3) is 11.3 Å². The topological polar surface area (TPSA) is 84.1 Å². The number of aromatic nitrogens is 2. The number of aryl methyl sites for hydroxylation is 3. The van der Waals surface area contributed by atoms with E-state index in [0.717, 1.165) is 66.8 Å². The van der Waals surface area contributed by atoms with Crippen LogP contribution in [-0.2, 0) is 6.42 Å². The minimum Gasteiger partial charge on any atom is -0.333 e. The number of hydrogen-bond acceptors (Lipinski definition) is 6. The monoisotopic (exact) mass is 555 g/mol. The molecule has 210 valence electrons. The summed E-state index contributed by atoms with van der Waals surface area (Å²) in [6, 6.07) is 17.3. The number of benzene rings is 2. The Balaban J connectivity index is 1.39. The standard InChI is InChI=1S/C33H41N5OS/c1-20(2)13-26-12-11-25-15-29(30-21(3)7-5-8-22(30)4)36-32(35-25)37-40-28-10-6-9-23(14-28)31(39)38(26)27-18-33(19-27)16-24(34)17-33/h5-10,14-15,20,24,26-27H,11-13,16-19,34H2,1-4H3,(H,35,36,37). The van der Waals surface area contributed by atoms with Crippen LogP contribution in [0.3, 0.4) is 0 Å². The van der Waals surface area contributed by atoms with Gasteiger partial charge in [0.25, 0.3) is 5.91 Å². The molecule has 3 aromatic rings. The van der Waals surface area contributed by atoms with Crippen LogP contribution in [0.2, 0.25) is 0 Å². The van der Waals surface area contributed by atoms with Gasteiger partial charge in [0.2, 0.25) is 5.95 Å². The zero-order valence-electron chi connectivity index (χ0n) is 24.1. The third kappa shape index (κ3) is 5.38. The van der Waals surface area contributed by atoms with Gasteiger partial charge in [-0.25, -0.2) is 9.97 Å². The van der Waals surface area contributed by atoms with E-state index in [9.17, 15) is 4.79 Å². The molecule has 2 aliphatic carbocycles. The lowest BCUT2D eigenvalue weighted by Crippen LogP contribution is -2.62. The van der Waals surface area contributed by atoms with E-state index in [0.29, 0.717) is 23.3 Å². The molecular formula is C33H41N5OS. The molecule has 1 unspecified atom stereocenters. The lowest BCUT2D eigenvalue weighted by molar-refractivity contribution is -0.0686. The second kappa shape index (κ2) is 10.8. The molecule has 2 aromatic carbocycles. The van der Waals surface area contributed by atoms with Crippen molar-refractivity contribution in [1.82, 2.24) is 14.9 Å². The molecule has 2 saturated carbocycles. The Labute approximate surface area is 242 Å². The smallest absolute Gasteiger partial charge is 0.254 e. The number of nitrogens with one attached hydrogen (secondary N) is 1. The zero-order valence-corrected chi connectivity index (χ0v) is 24.9. The molecule has 1 aliphatic heterocycles. The number of carbonyl (C=O) groups is 1. The van der Waals surface area contributed by atoms with E-state index in [1.54, 1.807) is 0 Å². The number of anilines is 1. The van der Waals surface area contributed by atoms with E-state index in [1.807, 2.05) is 24.3 Å². The zero-order chi connectivity index (χ0) is 28.0. The number of rotatable bonds is 4. The van der Waals surface area contributed by atoms with Crippen molar-refractivity contribution in [2.75, 3.05) is 4.72 Å². The summed E-state index contributed by atoms with van der Waals surface area (Å²) >= 11 is 1.46. The lowest BCUT2D eigenvalue weighted by atomic mass is 9.52. The van der Waals surface area contributed by atoms with Gasteiger partial charge >= 0.3 is 0 Å². The fraction of sp³-hybridized carbons (Fsp3) is 0.485. The number of hydrogen-bond donors (Lipinski definition) is 2. The molecular weight excluding hydrogens is 514 g/mol. The molecule has 1 amide bonds. The van der Waals surface area contributed by atoms with E-state index >= 15 is 0 Å². The molecule has 0 radical (unpaired) electrons. The molecule has 40 heavy (non-hydrogen) atoms. The molecule has 1 spiro atoms. The first-order valence-corrected chi connectivity index (χ1v) is 15.6. The number of amides is 1. The van der Waals surface area contributed by atoms with Gasteiger partial charge in [0.1, 0.15) is 0 Å². The molecule has 7 heteroatoms. The summed E-state index contributed by atoms with van der Waals surface area (Å²) in [6.07, 6.45) is 7.00. The highest BCUT2D eigenvalue weighted by atomic mass is 32.2. The highest BCUT2D eigenvalue weighted by Gasteiger charge is 2.54. The van der Waals surface area contributed by atoms with Gasteiger partial charge in [-0.05, 0) is 117 Å². The minimum atomic E-state index is 0.149. The van der Waals surface area contributed by atoms with Gasteiger partial charge in [0.15, 0.2) is 0 Å². The Bertz CT molecular complexity index is 1390. The summed E-state index contributed by atoms with van der Waals surface area (Å²) < 4.78 is 3.38. The highest BCUT2D eigenvalue weighted by Crippen LogP contribution is 2.57. The number of nitrogens with zero attached hydrogens (tertiary/aromatic N) is 3. The minimum absolute atomic E-state index is 0.149. The maximum Gasteiger partial charge on any atom is 0.254 e. The van der Waals surface area contributed by atoms with Crippen LogP contribution >= 0.6 is 11.9 Å². The molecule has 6 nitrogen and oxygen atoms in total. The lowest BCUT2D eigenvalue weighted by Gasteiger charge is -2.60. The van der Waals surface area contributed by atoms with Crippen LogP contribution in [0.1, 0.15) is 79.6 Å². The summed E-state index contributed by atoms with van der Waals surface area (Å²) in [4.78, 5) is 27.4. The van der Waals surface area contributed by atoms with Gasteiger partial charge in [-0.1, -0.05) is 38.1 Å². The van der Waals surface area contributed by atoms with Gasteiger partial charge in [-0.15, -0.1) is 0 Å². The van der Waals surface area contributed by atoms with Crippen molar-refractivity contribution in [3.8, 4) is 11.3 Å². The van der Waals surface area contributed by atoms with E-state index < -0.39 is 0 Å². The molecule has 1 atom stereocenters. The van der Waals surface area contributed by atoms with Gasteiger partial charge < -0.3 is 10.6 Å². The first-order valence-electron chi connectivity index (χ1n) is 14.8. The normalized spacial score (nSPS) is 26.3. The summed E-state index contributed by atoms with van der Waals surface area (Å²) in [7, 11) is 0. The van der Waals surface area contributed by atoms with Crippen LogP contribution < -0.4 is 10.5 Å². The Morgan fingerprint density at radius 3 is 2.48 bits per heavy atom. The SMILES string of the molecule is Cc1cccc(C)c1-c1cc2nc(n1)NSc1cccc(c1)C(=O)N(C1CC3(CC(N)C3)C1)C(CC(C)C)CC2. The van der Waals surface area contributed by atoms with Crippen molar-refractivity contribution in [2.45, 2.75) is 95.7 Å². The molecule has 2 heterocycles. The Hall–Kier alpha value is -2.90.